The molecule has 0 spiro atoms. The predicted molar refractivity (Wildman–Crippen MR) is 133 cm³/mol. The van der Waals surface area contributed by atoms with Crippen LogP contribution in [-0.4, -0.2) is 44.2 Å². The second-order valence-electron chi connectivity index (χ2n) is 7.42. The Morgan fingerprint density at radius 2 is 1.78 bits per heavy atom. The second kappa shape index (κ2) is 12.3. The number of carbonyl (C=O) groups is 2. The number of halogens is 4. The molecule has 0 atom stereocenters. The van der Waals surface area contributed by atoms with Gasteiger partial charge in [-0.25, -0.2) is 4.79 Å². The maximum Gasteiger partial charge on any atom is 0.420 e. The van der Waals surface area contributed by atoms with E-state index < -0.39 is 23.5 Å². The number of likely N-dealkylation sites (N-methyl/N-ethyl adjacent to an activating group) is 1. The number of hydrogen-bond donors (Lipinski definition) is 4. The quantitative estimate of drug-likeness (QED) is 0.281. The van der Waals surface area contributed by atoms with Crippen molar-refractivity contribution in [2.24, 2.45) is 0 Å². The maximum atomic E-state index is 13.4. The topological polar surface area (TPSA) is 114 Å². The van der Waals surface area contributed by atoms with Gasteiger partial charge in [-0.3, -0.25) is 9.78 Å². The molecule has 37 heavy (non-hydrogen) atoms. The van der Waals surface area contributed by atoms with Gasteiger partial charge in [0.2, 0.25) is 0 Å². The van der Waals surface area contributed by atoms with E-state index in [9.17, 15) is 22.8 Å². The first-order chi connectivity index (χ1) is 17.6. The normalized spacial score (nSPS) is 11.0. The van der Waals surface area contributed by atoms with Gasteiger partial charge in [-0.2, -0.15) is 13.2 Å². The lowest BCUT2D eigenvalue weighted by Crippen LogP contribution is -2.21. The highest BCUT2D eigenvalue weighted by molar-refractivity contribution is 6.35. The molecule has 0 aliphatic carbocycles. The standard InChI is InChI=1S/C24H23ClF3N5O4/c1-29-10-11-36-21-17(24(26,27)28)6-7-18(20(21)25)33-23(35)32-14-4-3-5-15(12-14)37-16-8-9-31-19(13-16)22(34)30-2/h3-9,12-13,29H,10-11H2,1-2H3,(H,30,34)(H2,32,33,35). The van der Waals surface area contributed by atoms with Crippen LogP contribution in [0, 0.1) is 0 Å². The Kier molecular flexibility index (Phi) is 9.15. The minimum atomic E-state index is -4.70. The summed E-state index contributed by atoms with van der Waals surface area (Å²) in [6, 6.07) is 10.4. The highest BCUT2D eigenvalue weighted by atomic mass is 35.5. The molecule has 0 radical (unpaired) electrons. The average molecular weight is 538 g/mol. The first-order valence-electron chi connectivity index (χ1n) is 10.8. The number of carbonyl (C=O) groups excluding carboxylic acids is 2. The van der Waals surface area contributed by atoms with Crippen LogP contribution in [0.4, 0.5) is 29.3 Å². The van der Waals surface area contributed by atoms with Crippen LogP contribution in [0.25, 0.3) is 0 Å². The zero-order chi connectivity index (χ0) is 27.0. The lowest BCUT2D eigenvalue weighted by atomic mass is 10.1. The Morgan fingerprint density at radius 1 is 1.03 bits per heavy atom. The number of nitrogens with zero attached hydrogens (tertiary/aromatic N) is 1. The zero-order valence-corrected chi connectivity index (χ0v) is 20.5. The third-order valence-electron chi connectivity index (χ3n) is 4.77. The van der Waals surface area contributed by atoms with Gasteiger partial charge in [0.1, 0.15) is 28.8 Å². The Labute approximate surface area is 215 Å². The summed E-state index contributed by atoms with van der Waals surface area (Å²) in [6.07, 6.45) is -3.28. The van der Waals surface area contributed by atoms with Gasteiger partial charge >= 0.3 is 12.2 Å². The van der Waals surface area contributed by atoms with Crippen LogP contribution >= 0.6 is 11.6 Å². The van der Waals surface area contributed by atoms with Crippen LogP contribution < -0.4 is 30.7 Å². The summed E-state index contributed by atoms with van der Waals surface area (Å²) >= 11 is 6.17. The number of ether oxygens (including phenoxy) is 2. The zero-order valence-electron chi connectivity index (χ0n) is 19.7. The van der Waals surface area contributed by atoms with E-state index in [-0.39, 0.29) is 35.5 Å². The Morgan fingerprint density at radius 3 is 2.49 bits per heavy atom. The molecule has 3 aromatic rings. The third-order valence-corrected chi connectivity index (χ3v) is 5.14. The van der Waals surface area contributed by atoms with E-state index in [1.54, 1.807) is 31.3 Å². The fraction of sp³-hybridized carbons (Fsp3) is 0.208. The number of amides is 3. The van der Waals surface area contributed by atoms with Gasteiger partial charge in [0.05, 0.1) is 11.3 Å². The van der Waals surface area contributed by atoms with Crippen molar-refractivity contribution in [2.75, 3.05) is 37.9 Å². The maximum absolute atomic E-state index is 13.4. The summed E-state index contributed by atoms with van der Waals surface area (Å²) in [4.78, 5) is 28.3. The molecular formula is C24H23ClF3N5O4. The highest BCUT2D eigenvalue weighted by Gasteiger charge is 2.36. The van der Waals surface area contributed by atoms with Crippen molar-refractivity contribution in [1.82, 2.24) is 15.6 Å². The van der Waals surface area contributed by atoms with E-state index in [0.717, 1.165) is 12.1 Å². The molecule has 9 nitrogen and oxygen atoms in total. The van der Waals surface area contributed by atoms with Crippen molar-refractivity contribution in [3.63, 3.8) is 0 Å². The van der Waals surface area contributed by atoms with Crippen molar-refractivity contribution in [3.8, 4) is 17.2 Å². The van der Waals surface area contributed by atoms with E-state index in [1.807, 2.05) is 0 Å². The van der Waals surface area contributed by atoms with Gasteiger partial charge in [0.15, 0.2) is 5.75 Å². The molecule has 13 heteroatoms. The molecule has 0 aliphatic rings. The SMILES string of the molecule is CNCCOc1c(C(F)(F)F)ccc(NC(=O)Nc2cccc(Oc3ccnc(C(=O)NC)c3)c2)c1Cl. The second-order valence-corrected chi connectivity index (χ2v) is 7.80. The van der Waals surface area contributed by atoms with E-state index in [2.05, 4.69) is 26.3 Å². The Balaban J connectivity index is 1.73. The van der Waals surface area contributed by atoms with E-state index in [4.69, 9.17) is 21.1 Å². The first kappa shape index (κ1) is 27.6. The number of hydrogen-bond acceptors (Lipinski definition) is 6. The summed E-state index contributed by atoms with van der Waals surface area (Å²) in [5.74, 6) is -0.265. The van der Waals surface area contributed by atoms with Crippen molar-refractivity contribution < 1.29 is 32.2 Å². The number of alkyl halides is 3. The smallest absolute Gasteiger partial charge is 0.420 e. The van der Waals surface area contributed by atoms with E-state index in [0.29, 0.717) is 17.2 Å². The molecule has 3 amide bonds. The number of urea groups is 1. The molecule has 1 aromatic heterocycles. The van der Waals surface area contributed by atoms with Crippen LogP contribution in [0.3, 0.4) is 0 Å². The lowest BCUT2D eigenvalue weighted by molar-refractivity contribution is -0.138. The minimum absolute atomic E-state index is 0.0656. The summed E-state index contributed by atoms with van der Waals surface area (Å²) in [5.41, 5.74) is -0.641. The third kappa shape index (κ3) is 7.48. The number of nitrogens with one attached hydrogen (secondary N) is 4. The molecule has 4 N–H and O–H groups in total. The fourth-order valence-electron chi connectivity index (χ4n) is 3.06. The molecule has 1 heterocycles. The Hall–Kier alpha value is -4.03. The molecule has 0 aliphatic heterocycles. The fourth-order valence-corrected chi connectivity index (χ4v) is 3.32. The minimum Gasteiger partial charge on any atom is -0.490 e. The van der Waals surface area contributed by atoms with Crippen LogP contribution in [0.1, 0.15) is 16.1 Å². The van der Waals surface area contributed by atoms with Gasteiger partial charge < -0.3 is 30.7 Å². The first-order valence-corrected chi connectivity index (χ1v) is 11.2. The molecular weight excluding hydrogens is 515 g/mol. The largest absolute Gasteiger partial charge is 0.490 e. The van der Waals surface area contributed by atoms with Crippen LogP contribution in [-0.2, 0) is 6.18 Å². The highest BCUT2D eigenvalue weighted by Crippen LogP contribution is 2.43. The number of pyridine rings is 1. The van der Waals surface area contributed by atoms with Crippen molar-refractivity contribution in [2.45, 2.75) is 6.18 Å². The van der Waals surface area contributed by atoms with Gasteiger partial charge in [-0.15, -0.1) is 0 Å². The molecule has 196 valence electrons. The summed E-state index contributed by atoms with van der Waals surface area (Å²) < 4.78 is 51.2. The molecule has 0 bridgehead atoms. The summed E-state index contributed by atoms with van der Waals surface area (Å²) in [5, 5.41) is 9.83. The summed E-state index contributed by atoms with van der Waals surface area (Å²) in [6.45, 7) is 0.223. The summed E-state index contributed by atoms with van der Waals surface area (Å²) in [7, 11) is 3.10. The molecule has 0 fully saturated rings. The van der Waals surface area contributed by atoms with Gasteiger partial charge in [0.25, 0.3) is 5.91 Å². The number of anilines is 2. The molecule has 3 rings (SSSR count). The average Bonchev–Trinajstić information content (AvgIpc) is 2.85. The van der Waals surface area contributed by atoms with Gasteiger partial charge in [-0.05, 0) is 37.4 Å². The van der Waals surface area contributed by atoms with Crippen molar-refractivity contribution >= 4 is 34.9 Å². The van der Waals surface area contributed by atoms with Crippen molar-refractivity contribution in [3.05, 3.63) is 71.0 Å². The molecule has 2 aromatic carbocycles. The van der Waals surface area contributed by atoms with Crippen molar-refractivity contribution in [1.29, 1.82) is 0 Å². The van der Waals surface area contributed by atoms with Crippen LogP contribution in [0.5, 0.6) is 17.2 Å². The van der Waals surface area contributed by atoms with Gasteiger partial charge in [-0.1, -0.05) is 17.7 Å². The lowest BCUT2D eigenvalue weighted by Gasteiger charge is -2.18. The molecule has 0 saturated heterocycles. The Bertz CT molecular complexity index is 1270. The molecule has 0 unspecified atom stereocenters. The number of benzene rings is 2. The monoisotopic (exact) mass is 537 g/mol. The van der Waals surface area contributed by atoms with E-state index in [1.165, 1.54) is 25.4 Å². The van der Waals surface area contributed by atoms with Crippen LogP contribution in [0.15, 0.2) is 54.7 Å². The predicted octanol–water partition coefficient (Wildman–Crippen LogP) is 5.15. The van der Waals surface area contributed by atoms with Crippen LogP contribution in [0.2, 0.25) is 5.02 Å². The number of rotatable bonds is 9. The van der Waals surface area contributed by atoms with Gasteiger partial charge in [0, 0.05) is 37.6 Å². The number of aromatic nitrogens is 1. The van der Waals surface area contributed by atoms with E-state index >= 15 is 0 Å². The molecule has 0 saturated carbocycles.